The van der Waals surface area contributed by atoms with Gasteiger partial charge >= 0.3 is 0 Å². The van der Waals surface area contributed by atoms with E-state index in [2.05, 4.69) is 92.6 Å². The van der Waals surface area contributed by atoms with Gasteiger partial charge in [-0.25, -0.2) is 0 Å². The summed E-state index contributed by atoms with van der Waals surface area (Å²) >= 11 is 12.5. The van der Waals surface area contributed by atoms with Gasteiger partial charge in [-0.2, -0.15) is 0 Å². The first kappa shape index (κ1) is 37.3. The van der Waals surface area contributed by atoms with Crippen molar-refractivity contribution in [1.82, 2.24) is 0 Å². The molecule has 0 atom stereocenters. The molecule has 274 valence electrons. The van der Waals surface area contributed by atoms with Gasteiger partial charge in [-0.3, -0.25) is 9.59 Å². The molecule has 2 aliphatic carbocycles. The highest BCUT2D eigenvalue weighted by Crippen LogP contribution is 2.46. The van der Waals surface area contributed by atoms with E-state index in [1.165, 1.54) is 0 Å². The number of carbonyl (C=O) groups excluding carboxylic acids is 2. The lowest BCUT2D eigenvalue weighted by molar-refractivity contribution is -0.109. The van der Waals surface area contributed by atoms with E-state index >= 15 is 0 Å². The minimum Gasteiger partial charge on any atom is -0.289 e. The van der Waals surface area contributed by atoms with Crippen LogP contribution in [0.5, 0.6) is 0 Å². The summed E-state index contributed by atoms with van der Waals surface area (Å²) in [7, 11) is 0. The molecular formula is C50H30Br2O2S3. The molecule has 57 heavy (non-hydrogen) atoms. The fourth-order valence-electron chi connectivity index (χ4n) is 7.19. The second-order valence-electron chi connectivity index (χ2n) is 13.4. The zero-order valence-corrected chi connectivity index (χ0v) is 35.7. The molecule has 0 amide bonds. The van der Waals surface area contributed by atoms with E-state index in [0.717, 1.165) is 71.6 Å². The van der Waals surface area contributed by atoms with Crippen molar-refractivity contribution >= 4 is 111 Å². The molecule has 2 nitrogen and oxygen atoms in total. The van der Waals surface area contributed by atoms with Gasteiger partial charge < -0.3 is 0 Å². The summed E-state index contributed by atoms with van der Waals surface area (Å²) in [5, 5.41) is 0. The molecule has 7 aromatic rings. The molecule has 2 aliphatic rings. The Kier molecular flexibility index (Phi) is 10.7. The molecular weight excluding hydrogens is 889 g/mol. The molecule has 0 aliphatic heterocycles. The predicted octanol–water partition coefficient (Wildman–Crippen LogP) is 14.5. The number of hydrogen-bond donors (Lipinski definition) is 0. The molecule has 7 heteroatoms. The number of rotatable bonds is 8. The van der Waals surface area contributed by atoms with Crippen LogP contribution >= 0.6 is 65.9 Å². The van der Waals surface area contributed by atoms with Crippen molar-refractivity contribution in [2.45, 2.75) is 0 Å². The van der Waals surface area contributed by atoms with Gasteiger partial charge in [0.25, 0.3) is 0 Å². The van der Waals surface area contributed by atoms with Crippen molar-refractivity contribution in [2.24, 2.45) is 0 Å². The number of hydrogen-bond acceptors (Lipinski definition) is 5. The van der Waals surface area contributed by atoms with E-state index in [-0.39, 0.29) is 11.6 Å². The third-order valence-electron chi connectivity index (χ3n) is 9.83. The van der Waals surface area contributed by atoms with Gasteiger partial charge in [-0.1, -0.05) is 121 Å². The van der Waals surface area contributed by atoms with Gasteiger partial charge in [0.2, 0.25) is 0 Å². The molecule has 3 heterocycles. The van der Waals surface area contributed by atoms with Crippen LogP contribution in [-0.2, 0) is 9.59 Å². The second kappa shape index (κ2) is 16.3. The molecule has 4 aromatic carbocycles. The highest BCUT2D eigenvalue weighted by Gasteiger charge is 2.28. The van der Waals surface area contributed by atoms with Crippen molar-refractivity contribution in [1.29, 1.82) is 0 Å². The van der Waals surface area contributed by atoms with Crippen LogP contribution < -0.4 is 0 Å². The maximum atomic E-state index is 14.3. The van der Waals surface area contributed by atoms with Gasteiger partial charge in [0.15, 0.2) is 11.6 Å². The normalized spacial score (nSPS) is 14.2. The van der Waals surface area contributed by atoms with Crippen molar-refractivity contribution in [3.05, 3.63) is 243 Å². The fraction of sp³-hybridized carbons (Fsp3) is 0. The summed E-state index contributed by atoms with van der Waals surface area (Å²) in [4.78, 5) is 32.9. The van der Waals surface area contributed by atoms with Gasteiger partial charge in [0, 0.05) is 52.9 Å². The number of benzene rings is 4. The second-order valence-corrected chi connectivity index (χ2v) is 19.4. The van der Waals surface area contributed by atoms with Crippen LogP contribution in [0.4, 0.5) is 0 Å². The Bertz CT molecular complexity index is 2550. The summed E-state index contributed by atoms with van der Waals surface area (Å²) in [6, 6.07) is 52.5. The minimum atomic E-state index is -0.00104. The van der Waals surface area contributed by atoms with Crippen molar-refractivity contribution < 1.29 is 9.59 Å². The average Bonchev–Trinajstić information content (AvgIpc) is 4.02. The van der Waals surface area contributed by atoms with Crippen LogP contribution in [-0.4, -0.2) is 11.6 Å². The van der Waals surface area contributed by atoms with E-state index in [1.54, 1.807) is 34.0 Å². The number of carbonyl (C=O) groups is 2. The van der Waals surface area contributed by atoms with Crippen LogP contribution in [0.1, 0.15) is 41.8 Å². The predicted molar refractivity (Wildman–Crippen MR) is 248 cm³/mol. The van der Waals surface area contributed by atoms with E-state index in [9.17, 15) is 9.59 Å². The lowest BCUT2D eigenvalue weighted by atomic mass is 9.84. The van der Waals surface area contributed by atoms with Gasteiger partial charge in [0.1, 0.15) is 0 Å². The SMILES string of the molecule is O=C1C(c2ccccc2)=CC(=C(c2ccc(Br)s2)c2ccc(C(=C3C=C(c4ccccc4)C(=O)C(c4ccccc4)=C3)c3ccc(Br)s3)s2)C=C1c1ccccc1. The molecule has 0 spiro atoms. The number of allylic oxidation sites excluding steroid dienone is 10. The zero-order chi connectivity index (χ0) is 38.9. The number of halogens is 2. The zero-order valence-electron chi connectivity index (χ0n) is 30.1. The standard InChI is InChI=1S/C50H30Br2O2S3/c51-45-25-23-43(56-45)47(35-27-37(31-13-5-1-6-14-31)49(53)38(28-35)32-15-7-2-8-16-32)41-21-22-42(55-41)48(44-24-26-46(52)57-44)36-29-39(33-17-9-3-10-18-33)50(54)40(30-36)34-19-11-4-12-20-34/h1-30H. The maximum Gasteiger partial charge on any atom is 0.194 e. The number of ketones is 2. The Morgan fingerprint density at radius 3 is 0.860 bits per heavy atom. The van der Waals surface area contributed by atoms with Gasteiger partial charge in [-0.05, 0) is 126 Å². The quantitative estimate of drug-likeness (QED) is 0.152. The lowest BCUT2D eigenvalue weighted by Crippen LogP contribution is -2.10. The van der Waals surface area contributed by atoms with Crippen LogP contribution in [0.2, 0.25) is 0 Å². The Morgan fingerprint density at radius 2 is 0.596 bits per heavy atom. The molecule has 0 saturated carbocycles. The van der Waals surface area contributed by atoms with E-state index in [1.807, 2.05) is 121 Å². The molecule has 0 bridgehead atoms. The largest absolute Gasteiger partial charge is 0.289 e. The molecule has 0 radical (unpaired) electrons. The first-order valence-corrected chi connectivity index (χ1v) is 22.2. The average molecular weight is 919 g/mol. The number of thiophene rings is 3. The highest BCUT2D eigenvalue weighted by atomic mass is 79.9. The van der Waals surface area contributed by atoms with Crippen LogP contribution in [0.25, 0.3) is 33.4 Å². The van der Waals surface area contributed by atoms with Gasteiger partial charge in [-0.15, -0.1) is 34.0 Å². The van der Waals surface area contributed by atoms with Crippen molar-refractivity contribution in [2.75, 3.05) is 0 Å². The Hall–Kier alpha value is -5.28. The molecule has 9 rings (SSSR count). The van der Waals surface area contributed by atoms with Crippen LogP contribution in [0, 0.1) is 0 Å². The van der Waals surface area contributed by atoms with Crippen molar-refractivity contribution in [3.63, 3.8) is 0 Å². The van der Waals surface area contributed by atoms with E-state index in [4.69, 9.17) is 0 Å². The topological polar surface area (TPSA) is 34.1 Å². The first-order valence-electron chi connectivity index (χ1n) is 18.2. The van der Waals surface area contributed by atoms with E-state index < -0.39 is 0 Å². The highest BCUT2D eigenvalue weighted by molar-refractivity contribution is 9.11. The van der Waals surface area contributed by atoms with E-state index in [0.29, 0.717) is 22.3 Å². The van der Waals surface area contributed by atoms with Crippen LogP contribution in [0.3, 0.4) is 0 Å². The smallest absolute Gasteiger partial charge is 0.194 e. The summed E-state index contributed by atoms with van der Waals surface area (Å²) in [6.45, 7) is 0. The molecule has 0 saturated heterocycles. The fourth-order valence-corrected chi connectivity index (χ4v) is 11.4. The monoisotopic (exact) mass is 916 g/mol. The molecule has 0 N–H and O–H groups in total. The summed E-state index contributed by atoms with van der Waals surface area (Å²) < 4.78 is 2.04. The van der Waals surface area contributed by atoms with Gasteiger partial charge in [0.05, 0.1) is 7.57 Å². The Balaban J connectivity index is 1.29. The lowest BCUT2D eigenvalue weighted by Gasteiger charge is -2.19. The summed E-state index contributed by atoms with van der Waals surface area (Å²) in [5.41, 5.74) is 10.2. The van der Waals surface area contributed by atoms with Crippen molar-refractivity contribution in [3.8, 4) is 0 Å². The number of Topliss-reactive ketones (excluding diaryl/α,β-unsaturated/α-hetero) is 2. The Labute approximate surface area is 360 Å². The summed E-state index contributed by atoms with van der Waals surface area (Å²) in [6.07, 6.45) is 8.22. The molecule has 3 aromatic heterocycles. The first-order chi connectivity index (χ1) is 27.9. The van der Waals surface area contributed by atoms with Crippen LogP contribution in [0.15, 0.2) is 201 Å². The summed E-state index contributed by atoms with van der Waals surface area (Å²) in [5.74, 6) is -0.00207. The molecule has 0 fully saturated rings. The Morgan fingerprint density at radius 1 is 0.333 bits per heavy atom. The molecule has 0 unspecified atom stereocenters. The maximum absolute atomic E-state index is 14.3. The third-order valence-corrected chi connectivity index (χ3v) is 14.2. The third kappa shape index (κ3) is 7.62. The minimum absolute atomic E-state index is 0.00104.